The largest absolute Gasteiger partial charge is 0.373 e. The zero-order chi connectivity index (χ0) is 14.7. The number of anilines is 1. The minimum Gasteiger partial charge on any atom is -0.373 e. The SMILES string of the molecule is CCCC1CCCN(C(=O)[C@@H]2Cc3ccccc3N2)CC1. The number of fused-ring (bicyclic) bond motifs is 1. The molecule has 0 bridgehead atoms. The molecule has 1 saturated heterocycles. The van der Waals surface area contributed by atoms with Crippen LogP contribution in [0.4, 0.5) is 5.69 Å². The number of amides is 1. The van der Waals surface area contributed by atoms with Crippen molar-refractivity contribution in [1.29, 1.82) is 0 Å². The summed E-state index contributed by atoms with van der Waals surface area (Å²) < 4.78 is 0. The van der Waals surface area contributed by atoms with Gasteiger partial charge in [0, 0.05) is 25.2 Å². The molecule has 1 unspecified atom stereocenters. The first kappa shape index (κ1) is 14.4. The van der Waals surface area contributed by atoms with Crippen LogP contribution in [0.3, 0.4) is 0 Å². The molecule has 0 aromatic heterocycles. The molecule has 0 spiro atoms. The normalized spacial score (nSPS) is 25.1. The monoisotopic (exact) mass is 286 g/mol. The summed E-state index contributed by atoms with van der Waals surface area (Å²) in [4.78, 5) is 14.8. The van der Waals surface area contributed by atoms with Gasteiger partial charge in [0.05, 0.1) is 0 Å². The number of nitrogens with zero attached hydrogens (tertiary/aromatic N) is 1. The number of nitrogens with one attached hydrogen (secondary N) is 1. The van der Waals surface area contributed by atoms with Crippen LogP contribution in [0.5, 0.6) is 0 Å². The van der Waals surface area contributed by atoms with E-state index in [1.165, 1.54) is 31.2 Å². The van der Waals surface area contributed by atoms with E-state index < -0.39 is 0 Å². The van der Waals surface area contributed by atoms with E-state index in [-0.39, 0.29) is 6.04 Å². The number of hydrogen-bond acceptors (Lipinski definition) is 2. The minimum absolute atomic E-state index is 0.0508. The van der Waals surface area contributed by atoms with E-state index in [9.17, 15) is 4.79 Å². The molecule has 1 N–H and O–H groups in total. The number of carbonyl (C=O) groups excluding carboxylic acids is 1. The molecule has 0 aliphatic carbocycles. The molecule has 2 heterocycles. The van der Waals surface area contributed by atoms with Crippen molar-refractivity contribution in [1.82, 2.24) is 4.90 Å². The highest BCUT2D eigenvalue weighted by atomic mass is 16.2. The Hall–Kier alpha value is -1.51. The van der Waals surface area contributed by atoms with Crippen molar-refractivity contribution in [3.63, 3.8) is 0 Å². The zero-order valence-corrected chi connectivity index (χ0v) is 13.0. The predicted octanol–water partition coefficient (Wildman–Crippen LogP) is 3.45. The Morgan fingerprint density at radius 3 is 2.95 bits per heavy atom. The van der Waals surface area contributed by atoms with Crippen molar-refractivity contribution in [2.24, 2.45) is 5.92 Å². The van der Waals surface area contributed by atoms with Crippen molar-refractivity contribution in [2.75, 3.05) is 18.4 Å². The lowest BCUT2D eigenvalue weighted by molar-refractivity contribution is -0.131. The molecule has 1 aromatic rings. The lowest BCUT2D eigenvalue weighted by atomic mass is 9.96. The van der Waals surface area contributed by atoms with Crippen molar-refractivity contribution in [3.8, 4) is 0 Å². The fourth-order valence-corrected chi connectivity index (χ4v) is 3.75. The van der Waals surface area contributed by atoms with Crippen LogP contribution >= 0.6 is 0 Å². The van der Waals surface area contributed by atoms with E-state index in [0.717, 1.165) is 37.5 Å². The molecule has 3 heteroatoms. The summed E-state index contributed by atoms with van der Waals surface area (Å²) in [7, 11) is 0. The van der Waals surface area contributed by atoms with Gasteiger partial charge in [-0.25, -0.2) is 0 Å². The zero-order valence-electron chi connectivity index (χ0n) is 13.0. The van der Waals surface area contributed by atoms with Gasteiger partial charge in [-0.1, -0.05) is 38.0 Å². The third-order valence-electron chi connectivity index (χ3n) is 4.93. The summed E-state index contributed by atoms with van der Waals surface area (Å²) in [6.45, 7) is 4.14. The molecule has 3 nitrogen and oxygen atoms in total. The molecule has 1 fully saturated rings. The van der Waals surface area contributed by atoms with Gasteiger partial charge in [-0.15, -0.1) is 0 Å². The van der Waals surface area contributed by atoms with E-state index in [1.807, 2.05) is 6.07 Å². The van der Waals surface area contributed by atoms with Crippen LogP contribution in [0, 0.1) is 5.92 Å². The van der Waals surface area contributed by atoms with E-state index in [0.29, 0.717) is 5.91 Å². The number of benzene rings is 1. The first-order chi connectivity index (χ1) is 10.3. The fourth-order valence-electron chi connectivity index (χ4n) is 3.75. The van der Waals surface area contributed by atoms with Gasteiger partial charge < -0.3 is 10.2 Å². The summed E-state index contributed by atoms with van der Waals surface area (Å²) in [5.41, 5.74) is 2.41. The molecule has 3 rings (SSSR count). The summed E-state index contributed by atoms with van der Waals surface area (Å²) in [5.74, 6) is 1.12. The van der Waals surface area contributed by atoms with Gasteiger partial charge in [0.15, 0.2) is 0 Å². The highest BCUT2D eigenvalue weighted by molar-refractivity contribution is 5.87. The van der Waals surface area contributed by atoms with E-state index >= 15 is 0 Å². The summed E-state index contributed by atoms with van der Waals surface area (Å²) in [6.07, 6.45) is 7.04. The second-order valence-electron chi connectivity index (χ2n) is 6.47. The number of hydrogen-bond donors (Lipinski definition) is 1. The Labute approximate surface area is 127 Å². The molecule has 0 radical (unpaired) electrons. The summed E-state index contributed by atoms with van der Waals surface area (Å²) in [6, 6.07) is 8.22. The van der Waals surface area contributed by atoms with Crippen LogP contribution in [-0.2, 0) is 11.2 Å². The van der Waals surface area contributed by atoms with Crippen LogP contribution in [0.25, 0.3) is 0 Å². The standard InChI is InChI=1S/C18H26N2O/c1-2-6-14-7-5-11-20(12-10-14)18(21)17-13-15-8-3-4-9-16(15)19-17/h3-4,8-9,14,17,19H,2,5-7,10-13H2,1H3/t14?,17-/m0/s1. The molecule has 21 heavy (non-hydrogen) atoms. The molecule has 1 amide bonds. The molecule has 114 valence electrons. The van der Waals surface area contributed by atoms with Gasteiger partial charge in [-0.05, 0) is 36.8 Å². The van der Waals surface area contributed by atoms with Crippen LogP contribution in [0.15, 0.2) is 24.3 Å². The first-order valence-corrected chi connectivity index (χ1v) is 8.41. The average molecular weight is 286 g/mol. The minimum atomic E-state index is -0.0508. The quantitative estimate of drug-likeness (QED) is 0.923. The maximum absolute atomic E-state index is 12.7. The van der Waals surface area contributed by atoms with E-state index in [2.05, 4.69) is 35.3 Å². The maximum atomic E-state index is 12.7. The maximum Gasteiger partial charge on any atom is 0.245 e. The van der Waals surface area contributed by atoms with Gasteiger partial charge in [0.2, 0.25) is 5.91 Å². The third-order valence-corrected chi connectivity index (χ3v) is 4.93. The number of likely N-dealkylation sites (tertiary alicyclic amines) is 1. The second-order valence-corrected chi connectivity index (χ2v) is 6.47. The molecule has 2 aliphatic rings. The highest BCUT2D eigenvalue weighted by Gasteiger charge is 2.30. The van der Waals surface area contributed by atoms with E-state index in [1.54, 1.807) is 0 Å². The topological polar surface area (TPSA) is 32.3 Å². The third kappa shape index (κ3) is 3.22. The molecule has 2 aliphatic heterocycles. The molecule has 2 atom stereocenters. The second kappa shape index (κ2) is 6.50. The van der Waals surface area contributed by atoms with Crippen LogP contribution in [0.1, 0.15) is 44.6 Å². The molecular formula is C18H26N2O. The van der Waals surface area contributed by atoms with Crippen molar-refractivity contribution in [2.45, 2.75) is 51.5 Å². The van der Waals surface area contributed by atoms with Gasteiger partial charge >= 0.3 is 0 Å². The fraction of sp³-hybridized carbons (Fsp3) is 0.611. The van der Waals surface area contributed by atoms with Gasteiger partial charge in [0.1, 0.15) is 6.04 Å². The molecular weight excluding hydrogens is 260 g/mol. The number of carbonyl (C=O) groups is 1. The van der Waals surface area contributed by atoms with Gasteiger partial charge in [-0.3, -0.25) is 4.79 Å². The van der Waals surface area contributed by atoms with Crippen molar-refractivity contribution < 1.29 is 4.79 Å². The van der Waals surface area contributed by atoms with Crippen LogP contribution in [0.2, 0.25) is 0 Å². The number of para-hydroxylation sites is 1. The lowest BCUT2D eigenvalue weighted by Crippen LogP contribution is -2.42. The molecule has 0 saturated carbocycles. The smallest absolute Gasteiger partial charge is 0.245 e. The first-order valence-electron chi connectivity index (χ1n) is 8.41. The Bertz CT molecular complexity index is 475. The summed E-state index contributed by atoms with van der Waals surface area (Å²) >= 11 is 0. The number of rotatable bonds is 3. The van der Waals surface area contributed by atoms with Gasteiger partial charge in [0.25, 0.3) is 0 Å². The lowest BCUT2D eigenvalue weighted by Gasteiger charge is -2.24. The predicted molar refractivity (Wildman–Crippen MR) is 86.4 cm³/mol. The van der Waals surface area contributed by atoms with Crippen LogP contribution in [-0.4, -0.2) is 29.9 Å². The Morgan fingerprint density at radius 2 is 2.14 bits per heavy atom. The van der Waals surface area contributed by atoms with E-state index in [4.69, 9.17) is 0 Å². The Morgan fingerprint density at radius 1 is 1.29 bits per heavy atom. The van der Waals surface area contributed by atoms with Crippen molar-refractivity contribution >= 4 is 11.6 Å². The summed E-state index contributed by atoms with van der Waals surface area (Å²) in [5, 5.41) is 3.40. The van der Waals surface area contributed by atoms with Crippen molar-refractivity contribution in [3.05, 3.63) is 29.8 Å². The average Bonchev–Trinajstić information content (AvgIpc) is 2.80. The van der Waals surface area contributed by atoms with Gasteiger partial charge in [-0.2, -0.15) is 0 Å². The van der Waals surface area contributed by atoms with Crippen LogP contribution < -0.4 is 5.32 Å². The highest BCUT2D eigenvalue weighted by Crippen LogP contribution is 2.27. The Balaban J connectivity index is 1.59. The molecule has 1 aromatic carbocycles. The Kier molecular flexibility index (Phi) is 4.47.